The van der Waals surface area contributed by atoms with Crippen LogP contribution in [0, 0.1) is 6.92 Å². The summed E-state index contributed by atoms with van der Waals surface area (Å²) in [6.07, 6.45) is 1.90. The second kappa shape index (κ2) is 10.9. The molecule has 3 aromatic carbocycles. The minimum absolute atomic E-state index is 0.0134. The van der Waals surface area contributed by atoms with Gasteiger partial charge in [0.05, 0.1) is 31.7 Å². The molecule has 0 atom stereocenters. The van der Waals surface area contributed by atoms with Crippen LogP contribution in [0.1, 0.15) is 28.9 Å². The summed E-state index contributed by atoms with van der Waals surface area (Å²) in [7, 11) is 3.19. The number of methoxy groups -OCH3 is 2. The number of ether oxygens (including phenoxy) is 2. The first-order valence-electron chi connectivity index (χ1n) is 11.5. The fourth-order valence-corrected chi connectivity index (χ4v) is 4.20. The topological polar surface area (TPSA) is 65.4 Å². The molecule has 0 saturated heterocycles. The van der Waals surface area contributed by atoms with Crippen LogP contribution in [0.5, 0.6) is 11.5 Å². The minimum atomic E-state index is -0.0134. The molecule has 0 radical (unpaired) electrons. The number of carbonyl (C=O) groups excluding carboxylic acids is 1. The predicted molar refractivity (Wildman–Crippen MR) is 135 cm³/mol. The van der Waals surface area contributed by atoms with E-state index in [4.69, 9.17) is 14.5 Å². The molecule has 4 rings (SSSR count). The number of nitrogens with one attached hydrogen (secondary N) is 1. The van der Waals surface area contributed by atoms with E-state index in [1.807, 2.05) is 24.3 Å². The zero-order chi connectivity index (χ0) is 23.9. The molecule has 1 N–H and O–H groups in total. The van der Waals surface area contributed by atoms with Crippen LogP contribution in [0.3, 0.4) is 0 Å². The van der Waals surface area contributed by atoms with Crippen molar-refractivity contribution < 1.29 is 14.3 Å². The smallest absolute Gasteiger partial charge is 0.224 e. The van der Waals surface area contributed by atoms with E-state index in [2.05, 4.69) is 59.3 Å². The van der Waals surface area contributed by atoms with Gasteiger partial charge in [-0.1, -0.05) is 48.0 Å². The van der Waals surface area contributed by atoms with Gasteiger partial charge in [0, 0.05) is 19.5 Å². The highest BCUT2D eigenvalue weighted by atomic mass is 16.5. The Morgan fingerprint density at radius 1 is 0.941 bits per heavy atom. The van der Waals surface area contributed by atoms with Crippen molar-refractivity contribution in [3.63, 3.8) is 0 Å². The Bertz CT molecular complexity index is 1280. The summed E-state index contributed by atoms with van der Waals surface area (Å²) in [5.41, 5.74) is 5.53. The highest BCUT2D eigenvalue weighted by molar-refractivity contribution is 5.79. The monoisotopic (exact) mass is 457 g/mol. The predicted octanol–water partition coefficient (Wildman–Crippen LogP) is 4.70. The van der Waals surface area contributed by atoms with Gasteiger partial charge in [0.1, 0.15) is 5.82 Å². The number of aromatic nitrogens is 2. The number of amides is 1. The fourth-order valence-electron chi connectivity index (χ4n) is 4.20. The fraction of sp³-hybridized carbons (Fsp3) is 0.286. The van der Waals surface area contributed by atoms with Crippen molar-refractivity contribution in [2.75, 3.05) is 20.8 Å². The third-order valence-corrected chi connectivity index (χ3v) is 5.87. The Labute approximate surface area is 200 Å². The van der Waals surface area contributed by atoms with Crippen LogP contribution in [0.25, 0.3) is 11.0 Å². The number of nitrogens with zero attached hydrogens (tertiary/aromatic N) is 2. The molecule has 1 amide bonds. The standard InChI is InChI=1S/C28H31N3O3/c1-20-8-6-9-22(16-20)19-31-24-11-5-4-10-23(24)30-27(31)12-7-15-29-28(32)18-21-13-14-25(33-2)26(17-21)34-3/h4-6,8-11,13-14,16-17H,7,12,15,18-19H2,1-3H3,(H,29,32). The van der Waals surface area contributed by atoms with Crippen LogP contribution >= 0.6 is 0 Å². The highest BCUT2D eigenvalue weighted by Gasteiger charge is 2.12. The lowest BCUT2D eigenvalue weighted by Gasteiger charge is -2.11. The molecule has 0 fully saturated rings. The number of hydrogen-bond acceptors (Lipinski definition) is 4. The summed E-state index contributed by atoms with van der Waals surface area (Å²) >= 11 is 0. The van der Waals surface area contributed by atoms with E-state index >= 15 is 0 Å². The molecule has 6 heteroatoms. The number of para-hydroxylation sites is 2. The first-order chi connectivity index (χ1) is 16.6. The number of rotatable bonds is 10. The second-order valence-corrected chi connectivity index (χ2v) is 8.41. The lowest BCUT2D eigenvalue weighted by Crippen LogP contribution is -2.26. The average molecular weight is 458 g/mol. The van der Waals surface area contributed by atoms with Gasteiger partial charge in [-0.05, 0) is 48.7 Å². The third kappa shape index (κ3) is 5.57. The van der Waals surface area contributed by atoms with Gasteiger partial charge < -0.3 is 19.4 Å². The van der Waals surface area contributed by atoms with Crippen molar-refractivity contribution in [3.05, 3.63) is 89.2 Å². The summed E-state index contributed by atoms with van der Waals surface area (Å²) in [5.74, 6) is 2.30. The van der Waals surface area contributed by atoms with E-state index in [-0.39, 0.29) is 5.91 Å². The maximum absolute atomic E-state index is 12.5. The van der Waals surface area contributed by atoms with Crippen LogP contribution in [-0.2, 0) is 24.2 Å². The van der Waals surface area contributed by atoms with Gasteiger partial charge >= 0.3 is 0 Å². The molecule has 1 aromatic heterocycles. The number of hydrogen-bond donors (Lipinski definition) is 1. The van der Waals surface area contributed by atoms with Gasteiger partial charge in [0.25, 0.3) is 0 Å². The molecule has 1 heterocycles. The Kier molecular flexibility index (Phi) is 7.48. The molecule has 176 valence electrons. The Balaban J connectivity index is 1.37. The molecule has 0 aliphatic rings. The molecule has 0 saturated carbocycles. The summed E-state index contributed by atoms with van der Waals surface area (Å²) < 4.78 is 12.9. The molecule has 0 aliphatic heterocycles. The maximum Gasteiger partial charge on any atom is 0.224 e. The normalized spacial score (nSPS) is 10.9. The van der Waals surface area contributed by atoms with E-state index in [0.29, 0.717) is 24.5 Å². The summed E-state index contributed by atoms with van der Waals surface area (Å²) in [4.78, 5) is 17.3. The molecule has 0 bridgehead atoms. The largest absolute Gasteiger partial charge is 0.493 e. The van der Waals surface area contributed by atoms with Crippen LogP contribution in [-0.4, -0.2) is 36.2 Å². The van der Waals surface area contributed by atoms with E-state index in [1.54, 1.807) is 14.2 Å². The van der Waals surface area contributed by atoms with Crippen molar-refractivity contribution in [1.82, 2.24) is 14.9 Å². The zero-order valence-electron chi connectivity index (χ0n) is 20.0. The summed E-state index contributed by atoms with van der Waals surface area (Å²) in [6.45, 7) is 3.49. The van der Waals surface area contributed by atoms with Crippen LogP contribution < -0.4 is 14.8 Å². The lowest BCUT2D eigenvalue weighted by atomic mass is 10.1. The van der Waals surface area contributed by atoms with E-state index in [0.717, 1.165) is 41.8 Å². The molecule has 6 nitrogen and oxygen atoms in total. The Morgan fingerprint density at radius 2 is 1.76 bits per heavy atom. The lowest BCUT2D eigenvalue weighted by molar-refractivity contribution is -0.120. The van der Waals surface area contributed by atoms with Gasteiger partial charge in [0.2, 0.25) is 5.91 Å². The van der Waals surface area contributed by atoms with Crippen molar-refractivity contribution >= 4 is 16.9 Å². The number of aryl methyl sites for hydroxylation is 2. The molecular weight excluding hydrogens is 426 g/mol. The molecule has 0 unspecified atom stereocenters. The molecule has 0 aliphatic carbocycles. The van der Waals surface area contributed by atoms with E-state index in [9.17, 15) is 4.79 Å². The average Bonchev–Trinajstić information content (AvgIpc) is 3.19. The van der Waals surface area contributed by atoms with Crippen LogP contribution in [0.4, 0.5) is 0 Å². The molecular formula is C28H31N3O3. The maximum atomic E-state index is 12.5. The zero-order valence-corrected chi connectivity index (χ0v) is 20.0. The second-order valence-electron chi connectivity index (χ2n) is 8.41. The molecule has 4 aromatic rings. The van der Waals surface area contributed by atoms with Crippen molar-refractivity contribution in [3.8, 4) is 11.5 Å². The summed E-state index contributed by atoms with van der Waals surface area (Å²) in [5, 5.41) is 3.03. The van der Waals surface area contributed by atoms with Gasteiger partial charge in [-0.15, -0.1) is 0 Å². The van der Waals surface area contributed by atoms with Gasteiger partial charge in [-0.2, -0.15) is 0 Å². The quantitative estimate of drug-likeness (QED) is 0.351. The first kappa shape index (κ1) is 23.4. The number of fused-ring (bicyclic) bond motifs is 1. The number of imidazole rings is 1. The van der Waals surface area contributed by atoms with Gasteiger partial charge in [-0.3, -0.25) is 4.79 Å². The highest BCUT2D eigenvalue weighted by Crippen LogP contribution is 2.27. The number of benzene rings is 3. The van der Waals surface area contributed by atoms with Gasteiger partial charge in [-0.25, -0.2) is 4.98 Å². The Hall–Kier alpha value is -3.80. The Morgan fingerprint density at radius 3 is 2.56 bits per heavy atom. The van der Waals surface area contributed by atoms with Gasteiger partial charge in [0.15, 0.2) is 11.5 Å². The van der Waals surface area contributed by atoms with E-state index in [1.165, 1.54) is 11.1 Å². The van der Waals surface area contributed by atoms with Crippen molar-refractivity contribution in [2.45, 2.75) is 32.7 Å². The third-order valence-electron chi connectivity index (χ3n) is 5.87. The van der Waals surface area contributed by atoms with E-state index < -0.39 is 0 Å². The van der Waals surface area contributed by atoms with Crippen LogP contribution in [0.15, 0.2) is 66.7 Å². The van der Waals surface area contributed by atoms with Crippen LogP contribution in [0.2, 0.25) is 0 Å². The summed E-state index contributed by atoms with van der Waals surface area (Å²) in [6, 6.07) is 22.4. The number of carbonyl (C=O) groups is 1. The molecule has 34 heavy (non-hydrogen) atoms. The van der Waals surface area contributed by atoms with Crippen molar-refractivity contribution in [1.29, 1.82) is 0 Å². The minimum Gasteiger partial charge on any atom is -0.493 e. The van der Waals surface area contributed by atoms with Crippen molar-refractivity contribution in [2.24, 2.45) is 0 Å². The molecule has 0 spiro atoms. The first-order valence-corrected chi connectivity index (χ1v) is 11.5. The SMILES string of the molecule is COc1ccc(CC(=O)NCCCc2nc3ccccc3n2Cc2cccc(C)c2)cc1OC.